The lowest BCUT2D eigenvalue weighted by molar-refractivity contribution is -0.126. The fourth-order valence-electron chi connectivity index (χ4n) is 4.56. The summed E-state index contributed by atoms with van der Waals surface area (Å²) in [7, 11) is 0. The number of benzene rings is 1. The summed E-state index contributed by atoms with van der Waals surface area (Å²) in [6, 6.07) is 5.91. The fourth-order valence-corrected chi connectivity index (χ4v) is 4.56. The molecular formula is C23H29N3O3. The lowest BCUT2D eigenvalue weighted by atomic mass is 9.95. The molecule has 0 bridgehead atoms. The molecule has 4 rings (SSSR count). The van der Waals surface area contributed by atoms with Crippen LogP contribution in [-0.2, 0) is 24.2 Å². The predicted molar refractivity (Wildman–Crippen MR) is 110 cm³/mol. The van der Waals surface area contributed by atoms with E-state index in [-0.39, 0.29) is 17.7 Å². The minimum absolute atomic E-state index is 0.00418. The number of piperidine rings is 1. The Morgan fingerprint density at radius 3 is 2.69 bits per heavy atom. The molecule has 1 atom stereocenters. The van der Waals surface area contributed by atoms with Gasteiger partial charge in [-0.3, -0.25) is 9.59 Å². The van der Waals surface area contributed by atoms with E-state index in [4.69, 9.17) is 4.52 Å². The number of carbonyl (C=O) groups excluding carboxylic acids is 2. The number of fused-ring (bicyclic) bond motifs is 1. The van der Waals surface area contributed by atoms with Gasteiger partial charge in [-0.05, 0) is 58.1 Å². The van der Waals surface area contributed by atoms with Crippen LogP contribution in [0.5, 0.6) is 0 Å². The number of rotatable bonds is 4. The number of likely N-dealkylation sites (tertiary alicyclic amines) is 1. The number of aryl methyl sites for hydroxylation is 3. The van der Waals surface area contributed by atoms with Gasteiger partial charge in [0.05, 0.1) is 12.5 Å². The highest BCUT2D eigenvalue weighted by molar-refractivity contribution is 5.95. The highest BCUT2D eigenvalue weighted by atomic mass is 16.5. The summed E-state index contributed by atoms with van der Waals surface area (Å²) >= 11 is 0. The van der Waals surface area contributed by atoms with Crippen LogP contribution in [0.4, 0.5) is 0 Å². The van der Waals surface area contributed by atoms with Crippen LogP contribution in [-0.4, -0.2) is 35.0 Å². The molecule has 1 fully saturated rings. The number of hydrogen-bond acceptors (Lipinski definition) is 4. The fraction of sp³-hybridized carbons (Fsp3) is 0.522. The molecule has 1 saturated heterocycles. The molecule has 6 nitrogen and oxygen atoms in total. The number of hydrogen-bond donors (Lipinski definition) is 1. The lowest BCUT2D eigenvalue weighted by Gasteiger charge is -2.32. The number of carbonyl (C=O) groups is 2. The van der Waals surface area contributed by atoms with Crippen LogP contribution < -0.4 is 5.32 Å². The molecule has 0 saturated carbocycles. The number of amides is 2. The highest BCUT2D eigenvalue weighted by Crippen LogP contribution is 2.24. The first-order valence-corrected chi connectivity index (χ1v) is 10.6. The zero-order valence-electron chi connectivity index (χ0n) is 17.3. The van der Waals surface area contributed by atoms with E-state index < -0.39 is 0 Å². The van der Waals surface area contributed by atoms with Crippen LogP contribution in [0, 0.1) is 19.8 Å². The Morgan fingerprint density at radius 2 is 1.90 bits per heavy atom. The van der Waals surface area contributed by atoms with Gasteiger partial charge in [0.2, 0.25) is 5.91 Å². The van der Waals surface area contributed by atoms with Crippen molar-refractivity contribution in [3.8, 4) is 0 Å². The zero-order chi connectivity index (χ0) is 20.4. The van der Waals surface area contributed by atoms with Gasteiger partial charge in [0.25, 0.3) is 5.91 Å². The lowest BCUT2D eigenvalue weighted by Crippen LogP contribution is -2.45. The first kappa shape index (κ1) is 19.7. The summed E-state index contributed by atoms with van der Waals surface area (Å²) < 4.78 is 5.43. The summed E-state index contributed by atoms with van der Waals surface area (Å²) in [5.74, 6) is 0.806. The van der Waals surface area contributed by atoms with E-state index in [1.165, 1.54) is 5.56 Å². The topological polar surface area (TPSA) is 75.4 Å². The molecule has 29 heavy (non-hydrogen) atoms. The molecule has 0 radical (unpaired) electrons. The third-order valence-corrected chi connectivity index (χ3v) is 6.01. The average molecular weight is 396 g/mol. The van der Waals surface area contributed by atoms with Crippen molar-refractivity contribution in [1.29, 1.82) is 0 Å². The molecule has 0 spiro atoms. The van der Waals surface area contributed by atoms with Crippen molar-refractivity contribution < 1.29 is 14.1 Å². The third-order valence-electron chi connectivity index (χ3n) is 6.01. The van der Waals surface area contributed by atoms with Crippen LogP contribution in [0.2, 0.25) is 0 Å². The average Bonchev–Trinajstić information content (AvgIpc) is 3.14. The van der Waals surface area contributed by atoms with Crippen molar-refractivity contribution in [1.82, 2.24) is 15.4 Å². The van der Waals surface area contributed by atoms with Gasteiger partial charge >= 0.3 is 0 Å². The molecule has 154 valence electrons. The van der Waals surface area contributed by atoms with Gasteiger partial charge in [-0.25, -0.2) is 0 Å². The van der Waals surface area contributed by atoms with Gasteiger partial charge in [0.15, 0.2) is 0 Å². The van der Waals surface area contributed by atoms with Gasteiger partial charge in [-0.1, -0.05) is 22.3 Å². The first-order chi connectivity index (χ1) is 14.0. The Kier molecular flexibility index (Phi) is 5.69. The third kappa shape index (κ3) is 4.36. The van der Waals surface area contributed by atoms with E-state index in [1.807, 2.05) is 30.9 Å². The van der Waals surface area contributed by atoms with Gasteiger partial charge in [0.1, 0.15) is 11.5 Å². The zero-order valence-corrected chi connectivity index (χ0v) is 17.3. The SMILES string of the molecule is Cc1cc(C)cc(C(=O)N2CCC[C@H](C(=O)NCc3noc4c3CCCC4)C2)c1. The summed E-state index contributed by atoms with van der Waals surface area (Å²) in [5, 5.41) is 7.18. The minimum atomic E-state index is -0.179. The Hall–Kier alpha value is -2.63. The van der Waals surface area contributed by atoms with Gasteiger partial charge in [-0.2, -0.15) is 0 Å². The predicted octanol–water partition coefficient (Wildman–Crippen LogP) is 3.34. The molecule has 1 aliphatic carbocycles. The van der Waals surface area contributed by atoms with Crippen LogP contribution in [0.1, 0.15) is 64.2 Å². The van der Waals surface area contributed by atoms with E-state index >= 15 is 0 Å². The van der Waals surface area contributed by atoms with Crippen LogP contribution >= 0.6 is 0 Å². The first-order valence-electron chi connectivity index (χ1n) is 10.6. The summed E-state index contributed by atoms with van der Waals surface area (Å²) in [6.45, 7) is 5.57. The largest absolute Gasteiger partial charge is 0.361 e. The molecule has 0 unspecified atom stereocenters. The summed E-state index contributed by atoms with van der Waals surface area (Å²) in [4.78, 5) is 27.5. The van der Waals surface area contributed by atoms with Gasteiger partial charge in [0, 0.05) is 30.6 Å². The van der Waals surface area contributed by atoms with Crippen molar-refractivity contribution in [3.63, 3.8) is 0 Å². The Balaban J connectivity index is 1.37. The number of nitrogens with one attached hydrogen (secondary N) is 1. The van der Waals surface area contributed by atoms with Crippen molar-refractivity contribution >= 4 is 11.8 Å². The van der Waals surface area contributed by atoms with Gasteiger partial charge in [-0.15, -0.1) is 0 Å². The van der Waals surface area contributed by atoms with Gasteiger partial charge < -0.3 is 14.7 Å². The smallest absolute Gasteiger partial charge is 0.253 e. The van der Waals surface area contributed by atoms with E-state index in [0.29, 0.717) is 25.2 Å². The molecule has 1 aromatic carbocycles. The maximum Gasteiger partial charge on any atom is 0.253 e. The van der Waals surface area contributed by atoms with Crippen LogP contribution in [0.15, 0.2) is 22.7 Å². The van der Waals surface area contributed by atoms with Crippen molar-refractivity contribution in [2.45, 2.75) is 58.9 Å². The van der Waals surface area contributed by atoms with E-state index in [9.17, 15) is 9.59 Å². The normalized spacial score (nSPS) is 19.0. The maximum atomic E-state index is 12.9. The Bertz CT molecular complexity index is 898. The Labute approximate surface area is 171 Å². The standard InChI is InChI=1S/C23H29N3O3/c1-15-10-16(2)12-18(11-15)23(28)26-9-5-6-17(14-26)22(27)24-13-20-19-7-3-4-8-21(19)29-25-20/h10-12,17H,3-9,13-14H2,1-2H3,(H,24,27)/t17-/m0/s1. The number of nitrogens with zero attached hydrogens (tertiary/aromatic N) is 2. The van der Waals surface area contributed by atoms with E-state index in [1.54, 1.807) is 0 Å². The van der Waals surface area contributed by atoms with Crippen LogP contribution in [0.3, 0.4) is 0 Å². The molecule has 1 aliphatic heterocycles. The second kappa shape index (κ2) is 8.39. The quantitative estimate of drug-likeness (QED) is 0.862. The van der Waals surface area contributed by atoms with Crippen molar-refractivity contribution in [2.24, 2.45) is 5.92 Å². The molecule has 2 amide bonds. The number of aromatic nitrogens is 1. The second-order valence-electron chi connectivity index (χ2n) is 8.42. The minimum Gasteiger partial charge on any atom is -0.361 e. The Morgan fingerprint density at radius 1 is 1.14 bits per heavy atom. The monoisotopic (exact) mass is 395 g/mol. The molecule has 1 aromatic heterocycles. The second-order valence-corrected chi connectivity index (χ2v) is 8.42. The maximum absolute atomic E-state index is 12.9. The van der Waals surface area contributed by atoms with E-state index in [0.717, 1.165) is 61.1 Å². The highest BCUT2D eigenvalue weighted by Gasteiger charge is 2.29. The molecule has 2 heterocycles. The van der Waals surface area contributed by atoms with E-state index in [2.05, 4.69) is 16.5 Å². The van der Waals surface area contributed by atoms with Crippen molar-refractivity contribution in [3.05, 3.63) is 51.9 Å². The molecule has 2 aromatic rings. The summed E-state index contributed by atoms with van der Waals surface area (Å²) in [5.41, 5.74) is 4.89. The summed E-state index contributed by atoms with van der Waals surface area (Å²) in [6.07, 6.45) is 5.85. The molecule has 6 heteroatoms. The molecule has 2 aliphatic rings. The molecular weight excluding hydrogens is 366 g/mol. The molecule has 1 N–H and O–H groups in total. The van der Waals surface area contributed by atoms with Crippen molar-refractivity contribution in [2.75, 3.05) is 13.1 Å². The van der Waals surface area contributed by atoms with Crippen LogP contribution in [0.25, 0.3) is 0 Å².